The van der Waals surface area contributed by atoms with Gasteiger partial charge in [0.15, 0.2) is 0 Å². The number of piperidine rings is 1. The Balaban J connectivity index is 1.83. The Bertz CT molecular complexity index is 534. The van der Waals surface area contributed by atoms with Crippen LogP contribution in [0.3, 0.4) is 0 Å². The van der Waals surface area contributed by atoms with Crippen molar-refractivity contribution in [1.29, 1.82) is 0 Å². The quantitative estimate of drug-likeness (QED) is 0.659. The highest BCUT2D eigenvalue weighted by Crippen LogP contribution is 2.36. The lowest BCUT2D eigenvalue weighted by atomic mass is 9.98. The van der Waals surface area contributed by atoms with E-state index in [1.807, 2.05) is 12.1 Å². The van der Waals surface area contributed by atoms with Crippen LogP contribution in [-0.4, -0.2) is 42.0 Å². The van der Waals surface area contributed by atoms with Crippen LogP contribution in [0.15, 0.2) is 18.2 Å². The summed E-state index contributed by atoms with van der Waals surface area (Å²) in [6, 6.07) is 6.25. The molecule has 2 aliphatic rings. The molecule has 2 N–H and O–H groups in total. The topological polar surface area (TPSA) is 70.4 Å². The largest absolute Gasteiger partial charge is 0.382 e. The number of hydrogen-bond acceptors (Lipinski definition) is 5. The van der Waals surface area contributed by atoms with Gasteiger partial charge in [-0.3, -0.25) is 15.0 Å². The summed E-state index contributed by atoms with van der Waals surface area (Å²) in [4.78, 5) is 13.6. The maximum atomic E-state index is 11.4. The molecular weight excluding hydrogens is 268 g/mol. The summed E-state index contributed by atoms with van der Waals surface area (Å²) in [6.45, 7) is 2.27. The normalized spacial score (nSPS) is 25.4. The summed E-state index contributed by atoms with van der Waals surface area (Å²) in [5.41, 5.74) is 1.34. The molecule has 0 radical (unpaired) electrons. The first-order chi connectivity index (χ1) is 10.2. The molecule has 2 atom stereocenters. The van der Waals surface area contributed by atoms with Crippen LogP contribution in [0.2, 0.25) is 0 Å². The minimum atomic E-state index is -0.304. The van der Waals surface area contributed by atoms with Crippen molar-refractivity contribution in [3.63, 3.8) is 0 Å². The Hall–Kier alpha value is -1.82. The van der Waals surface area contributed by atoms with Crippen molar-refractivity contribution in [2.45, 2.75) is 37.8 Å². The number of rotatable bonds is 4. The van der Waals surface area contributed by atoms with Gasteiger partial charge in [-0.1, -0.05) is 12.5 Å². The molecule has 6 heteroatoms. The van der Waals surface area contributed by atoms with Gasteiger partial charge in [0.05, 0.1) is 4.92 Å². The van der Waals surface area contributed by atoms with E-state index in [0.29, 0.717) is 23.5 Å². The summed E-state index contributed by atoms with van der Waals surface area (Å²) in [5, 5.41) is 17.7. The summed E-state index contributed by atoms with van der Waals surface area (Å²) < 4.78 is 0. The Kier molecular flexibility index (Phi) is 3.96. The number of nitrogens with one attached hydrogen (secondary N) is 2. The number of benzene rings is 1. The molecule has 114 valence electrons. The summed E-state index contributed by atoms with van der Waals surface area (Å²) in [7, 11) is 1.71. The minimum Gasteiger partial charge on any atom is -0.382 e. The van der Waals surface area contributed by atoms with Gasteiger partial charge in [0.1, 0.15) is 11.4 Å². The number of nitrogens with zero attached hydrogens (tertiary/aromatic N) is 2. The van der Waals surface area contributed by atoms with Crippen molar-refractivity contribution in [3.05, 3.63) is 28.3 Å². The van der Waals surface area contributed by atoms with Crippen LogP contribution in [0.5, 0.6) is 0 Å². The molecule has 0 bridgehead atoms. The standard InChI is InChI=1S/C15H22N4O2/c1-16-12-5-4-6-13(15(12)19(20)21)17-11-8-10-18-9-3-2-7-14(11)18/h4-6,11,14,16-17H,2-3,7-10H2,1H3. The molecular formula is C15H22N4O2. The Labute approximate surface area is 124 Å². The van der Waals surface area contributed by atoms with Crippen LogP contribution in [0.25, 0.3) is 0 Å². The number of para-hydroxylation sites is 1. The van der Waals surface area contributed by atoms with E-state index in [0.717, 1.165) is 13.0 Å². The average molecular weight is 290 g/mol. The molecule has 2 unspecified atom stereocenters. The van der Waals surface area contributed by atoms with E-state index in [4.69, 9.17) is 0 Å². The van der Waals surface area contributed by atoms with Gasteiger partial charge in [-0.05, 0) is 37.9 Å². The first-order valence-corrected chi connectivity index (χ1v) is 7.66. The van der Waals surface area contributed by atoms with Crippen LogP contribution >= 0.6 is 0 Å². The molecule has 0 saturated carbocycles. The van der Waals surface area contributed by atoms with E-state index in [9.17, 15) is 10.1 Å². The molecule has 0 amide bonds. The monoisotopic (exact) mass is 290 g/mol. The van der Waals surface area contributed by atoms with Gasteiger partial charge in [0, 0.05) is 25.7 Å². The van der Waals surface area contributed by atoms with Crippen LogP contribution in [0.1, 0.15) is 25.7 Å². The molecule has 2 saturated heterocycles. The van der Waals surface area contributed by atoms with Crippen molar-refractivity contribution in [2.24, 2.45) is 0 Å². The number of anilines is 2. The minimum absolute atomic E-state index is 0.147. The fourth-order valence-corrected chi connectivity index (χ4v) is 3.67. The van der Waals surface area contributed by atoms with Gasteiger partial charge in [-0.2, -0.15) is 0 Å². The lowest BCUT2D eigenvalue weighted by molar-refractivity contribution is -0.383. The molecule has 0 spiro atoms. The zero-order valence-corrected chi connectivity index (χ0v) is 12.3. The van der Waals surface area contributed by atoms with Crippen molar-refractivity contribution in [1.82, 2.24) is 4.90 Å². The van der Waals surface area contributed by atoms with Crippen molar-refractivity contribution in [3.8, 4) is 0 Å². The van der Waals surface area contributed by atoms with Crippen LogP contribution < -0.4 is 10.6 Å². The first-order valence-electron chi connectivity index (χ1n) is 7.66. The predicted octanol–water partition coefficient (Wildman–Crippen LogP) is 2.68. The lowest BCUT2D eigenvalue weighted by Gasteiger charge is -2.32. The zero-order valence-electron chi connectivity index (χ0n) is 12.3. The molecule has 0 aliphatic carbocycles. The SMILES string of the molecule is CNc1cccc(NC2CCN3CCCCC23)c1[N+](=O)[O-]. The zero-order chi connectivity index (χ0) is 14.8. The third kappa shape index (κ3) is 2.68. The van der Waals surface area contributed by atoms with Gasteiger partial charge < -0.3 is 10.6 Å². The van der Waals surface area contributed by atoms with Crippen molar-refractivity contribution in [2.75, 3.05) is 30.8 Å². The predicted molar refractivity (Wildman–Crippen MR) is 83.9 cm³/mol. The number of nitro benzene ring substituents is 1. The second-order valence-corrected chi connectivity index (χ2v) is 5.85. The van der Waals surface area contributed by atoms with E-state index in [-0.39, 0.29) is 10.6 Å². The van der Waals surface area contributed by atoms with E-state index in [2.05, 4.69) is 15.5 Å². The molecule has 2 heterocycles. The summed E-state index contributed by atoms with van der Waals surface area (Å²) in [5.74, 6) is 0. The lowest BCUT2D eigenvalue weighted by Crippen LogP contribution is -2.41. The molecule has 3 rings (SSSR count). The molecule has 21 heavy (non-hydrogen) atoms. The first kappa shape index (κ1) is 14.1. The molecule has 2 aliphatic heterocycles. The Morgan fingerprint density at radius 1 is 1.24 bits per heavy atom. The van der Waals surface area contributed by atoms with E-state index < -0.39 is 0 Å². The second kappa shape index (κ2) is 5.89. The van der Waals surface area contributed by atoms with Crippen molar-refractivity contribution >= 4 is 17.1 Å². The van der Waals surface area contributed by atoms with E-state index >= 15 is 0 Å². The molecule has 2 fully saturated rings. The highest BCUT2D eigenvalue weighted by molar-refractivity contribution is 5.76. The molecule has 1 aromatic carbocycles. The van der Waals surface area contributed by atoms with Gasteiger partial charge in [0.2, 0.25) is 0 Å². The van der Waals surface area contributed by atoms with Crippen molar-refractivity contribution < 1.29 is 4.92 Å². The number of hydrogen-bond donors (Lipinski definition) is 2. The van der Waals surface area contributed by atoms with Gasteiger partial charge >= 0.3 is 5.69 Å². The third-order valence-electron chi connectivity index (χ3n) is 4.68. The highest BCUT2D eigenvalue weighted by Gasteiger charge is 2.36. The smallest absolute Gasteiger partial charge is 0.315 e. The van der Waals surface area contributed by atoms with Gasteiger partial charge in [-0.15, -0.1) is 0 Å². The van der Waals surface area contributed by atoms with Gasteiger partial charge in [0.25, 0.3) is 0 Å². The summed E-state index contributed by atoms with van der Waals surface area (Å²) in [6.07, 6.45) is 4.79. The number of fused-ring (bicyclic) bond motifs is 1. The van der Waals surface area contributed by atoms with E-state index in [1.165, 1.54) is 25.8 Å². The molecule has 6 nitrogen and oxygen atoms in total. The van der Waals surface area contributed by atoms with Crippen LogP contribution in [0, 0.1) is 10.1 Å². The Morgan fingerprint density at radius 3 is 2.81 bits per heavy atom. The molecule has 1 aromatic rings. The fraction of sp³-hybridized carbons (Fsp3) is 0.600. The summed E-state index contributed by atoms with van der Waals surface area (Å²) >= 11 is 0. The average Bonchev–Trinajstić information content (AvgIpc) is 2.90. The molecule has 0 aromatic heterocycles. The van der Waals surface area contributed by atoms with E-state index in [1.54, 1.807) is 13.1 Å². The number of nitro groups is 1. The van der Waals surface area contributed by atoms with Crippen LogP contribution in [0.4, 0.5) is 17.1 Å². The Morgan fingerprint density at radius 2 is 2.05 bits per heavy atom. The van der Waals surface area contributed by atoms with Crippen LogP contribution in [-0.2, 0) is 0 Å². The van der Waals surface area contributed by atoms with Gasteiger partial charge in [-0.25, -0.2) is 0 Å². The fourth-order valence-electron chi connectivity index (χ4n) is 3.67. The second-order valence-electron chi connectivity index (χ2n) is 5.85. The maximum Gasteiger partial charge on any atom is 0.315 e. The maximum absolute atomic E-state index is 11.4. The third-order valence-corrected chi connectivity index (χ3v) is 4.68. The highest BCUT2D eigenvalue weighted by atomic mass is 16.6.